The molecule has 0 radical (unpaired) electrons. The van der Waals surface area contributed by atoms with Gasteiger partial charge in [-0.1, -0.05) is 12.1 Å². The molecular weight excluding hydrogens is 583 g/mol. The summed E-state index contributed by atoms with van der Waals surface area (Å²) >= 11 is 0. The van der Waals surface area contributed by atoms with Crippen molar-refractivity contribution in [3.63, 3.8) is 0 Å². The Balaban J connectivity index is 1.25. The molecule has 10 nitrogen and oxygen atoms in total. The van der Waals surface area contributed by atoms with Crippen molar-refractivity contribution in [3.8, 4) is 11.4 Å². The van der Waals surface area contributed by atoms with Crippen molar-refractivity contribution in [1.29, 1.82) is 0 Å². The van der Waals surface area contributed by atoms with Crippen molar-refractivity contribution in [2.24, 2.45) is 7.05 Å². The number of amides is 1. The fourth-order valence-corrected chi connectivity index (χ4v) is 5.25. The number of pyridine rings is 1. The molecule has 1 aliphatic rings. The van der Waals surface area contributed by atoms with Crippen LogP contribution in [0.3, 0.4) is 0 Å². The Morgan fingerprint density at radius 3 is 2.53 bits per heavy atom. The lowest BCUT2D eigenvalue weighted by molar-refractivity contribution is -0.138. The third-order valence-electron chi connectivity index (χ3n) is 7.90. The number of nitrogens with zero attached hydrogens (tertiary/aromatic N) is 7. The van der Waals surface area contributed by atoms with Crippen molar-refractivity contribution >= 4 is 34.3 Å². The standard InChI is InChI=1S/C32H32F3N9O/c1-20-6-7-21(15-26(20)39-29-27-30(43(3)19-37-27)41-28(40-29)22-5-4-10-36-17-22)31(45)38-24-9-8-23(25(16-24)32(33,34)35)18-44-13-11-42(2)12-14-44/h4-10,15-17,19H,11-14,18H2,1-3H3,(H,38,45)(H,39,40,41). The minimum Gasteiger partial charge on any atom is -0.338 e. The van der Waals surface area contributed by atoms with Crippen LogP contribution in [0.15, 0.2) is 67.3 Å². The summed E-state index contributed by atoms with van der Waals surface area (Å²) in [5.74, 6) is 0.343. The molecule has 0 atom stereocenters. The highest BCUT2D eigenvalue weighted by molar-refractivity contribution is 6.05. The van der Waals surface area contributed by atoms with Gasteiger partial charge in [-0.25, -0.2) is 15.0 Å². The van der Waals surface area contributed by atoms with Crippen LogP contribution < -0.4 is 10.6 Å². The van der Waals surface area contributed by atoms with Crippen LogP contribution in [0.1, 0.15) is 27.0 Å². The number of halogens is 3. The van der Waals surface area contributed by atoms with Gasteiger partial charge in [-0.05, 0) is 61.5 Å². The number of aryl methyl sites for hydroxylation is 2. The molecule has 13 heteroatoms. The lowest BCUT2D eigenvalue weighted by Crippen LogP contribution is -2.44. The first-order chi connectivity index (χ1) is 21.5. The highest BCUT2D eigenvalue weighted by Crippen LogP contribution is 2.35. The predicted molar refractivity (Wildman–Crippen MR) is 166 cm³/mol. The molecule has 2 N–H and O–H groups in total. The Bertz CT molecular complexity index is 1850. The van der Waals surface area contributed by atoms with Crippen LogP contribution in [0.25, 0.3) is 22.6 Å². The fraction of sp³-hybridized carbons (Fsp3) is 0.281. The van der Waals surface area contributed by atoms with Gasteiger partial charge in [0.2, 0.25) is 0 Å². The molecule has 1 saturated heterocycles. The number of carbonyl (C=O) groups is 1. The van der Waals surface area contributed by atoms with Gasteiger partial charge in [0.25, 0.3) is 5.91 Å². The van der Waals surface area contributed by atoms with E-state index in [-0.39, 0.29) is 23.4 Å². The molecule has 0 aliphatic carbocycles. The van der Waals surface area contributed by atoms with Crippen LogP contribution >= 0.6 is 0 Å². The summed E-state index contributed by atoms with van der Waals surface area (Å²) in [6, 6.07) is 12.7. The molecule has 3 aromatic heterocycles. The summed E-state index contributed by atoms with van der Waals surface area (Å²) in [5.41, 5.74) is 3.04. The Labute approximate surface area is 258 Å². The maximum Gasteiger partial charge on any atom is 0.416 e. The Morgan fingerprint density at radius 1 is 1.00 bits per heavy atom. The average Bonchev–Trinajstić information content (AvgIpc) is 3.40. The number of benzene rings is 2. The number of carbonyl (C=O) groups excluding carboxylic acids is 1. The molecule has 0 unspecified atom stereocenters. The molecule has 4 heterocycles. The zero-order valence-corrected chi connectivity index (χ0v) is 25.1. The van der Waals surface area contributed by atoms with Gasteiger partial charge in [-0.3, -0.25) is 14.7 Å². The summed E-state index contributed by atoms with van der Waals surface area (Å²) in [6.45, 7) is 5.07. The normalized spacial score (nSPS) is 14.5. The van der Waals surface area contributed by atoms with Gasteiger partial charge >= 0.3 is 6.18 Å². The fourth-order valence-electron chi connectivity index (χ4n) is 5.25. The molecule has 1 aliphatic heterocycles. The number of aromatic nitrogens is 5. The van der Waals surface area contributed by atoms with Gasteiger partial charge in [0, 0.05) is 74.7 Å². The van der Waals surface area contributed by atoms with E-state index in [1.807, 2.05) is 32.0 Å². The van der Waals surface area contributed by atoms with Crippen LogP contribution in [-0.2, 0) is 19.8 Å². The summed E-state index contributed by atoms with van der Waals surface area (Å²) in [5, 5.41) is 5.94. The summed E-state index contributed by atoms with van der Waals surface area (Å²) in [7, 11) is 3.83. The quantitative estimate of drug-likeness (QED) is 0.248. The zero-order valence-electron chi connectivity index (χ0n) is 25.1. The van der Waals surface area contributed by atoms with Gasteiger partial charge in [-0.15, -0.1) is 0 Å². The van der Waals surface area contributed by atoms with Crippen molar-refractivity contribution < 1.29 is 18.0 Å². The number of anilines is 3. The number of hydrogen-bond donors (Lipinski definition) is 2. The van der Waals surface area contributed by atoms with Gasteiger partial charge in [-0.2, -0.15) is 13.2 Å². The molecule has 1 fully saturated rings. The Kier molecular flexibility index (Phi) is 8.21. The number of imidazole rings is 1. The molecule has 1 amide bonds. The maximum absolute atomic E-state index is 14.1. The first-order valence-corrected chi connectivity index (χ1v) is 14.4. The first-order valence-electron chi connectivity index (χ1n) is 14.4. The first kappa shape index (κ1) is 30.2. The molecule has 5 aromatic rings. The lowest BCUT2D eigenvalue weighted by atomic mass is 10.0. The number of rotatable bonds is 7. The molecule has 6 rings (SSSR count). The Morgan fingerprint density at radius 2 is 1.80 bits per heavy atom. The molecular formula is C32H32F3N9O. The van der Waals surface area contributed by atoms with Gasteiger partial charge in [0.05, 0.1) is 11.9 Å². The van der Waals surface area contributed by atoms with E-state index in [0.29, 0.717) is 41.6 Å². The van der Waals surface area contributed by atoms with Crippen molar-refractivity contribution in [2.75, 3.05) is 43.9 Å². The van der Waals surface area contributed by atoms with Crippen LogP contribution in [0, 0.1) is 6.92 Å². The van der Waals surface area contributed by atoms with E-state index in [2.05, 4.69) is 30.5 Å². The molecule has 0 bridgehead atoms. The van der Waals surface area contributed by atoms with Gasteiger partial charge in [0.15, 0.2) is 22.8 Å². The van der Waals surface area contributed by atoms with Crippen molar-refractivity contribution in [3.05, 3.63) is 89.5 Å². The van der Waals surface area contributed by atoms with Gasteiger partial charge < -0.3 is 20.1 Å². The number of fused-ring (bicyclic) bond motifs is 1. The molecule has 232 valence electrons. The van der Waals surface area contributed by atoms with Crippen LogP contribution in [0.4, 0.5) is 30.4 Å². The van der Waals surface area contributed by atoms with E-state index in [9.17, 15) is 18.0 Å². The van der Waals surface area contributed by atoms with E-state index < -0.39 is 17.6 Å². The summed E-state index contributed by atoms with van der Waals surface area (Å²) in [4.78, 5) is 35.4. The van der Waals surface area contributed by atoms with E-state index in [4.69, 9.17) is 4.98 Å². The third kappa shape index (κ3) is 6.64. The number of nitrogens with one attached hydrogen (secondary N) is 2. The second kappa shape index (κ2) is 12.3. The van der Waals surface area contributed by atoms with Gasteiger partial charge in [0.1, 0.15) is 0 Å². The van der Waals surface area contributed by atoms with E-state index in [1.165, 1.54) is 12.1 Å². The van der Waals surface area contributed by atoms with Crippen molar-refractivity contribution in [1.82, 2.24) is 34.3 Å². The molecule has 0 spiro atoms. The van der Waals surface area contributed by atoms with Crippen LogP contribution in [0.2, 0.25) is 0 Å². The number of piperazine rings is 1. The third-order valence-corrected chi connectivity index (χ3v) is 7.90. The molecule has 45 heavy (non-hydrogen) atoms. The summed E-state index contributed by atoms with van der Waals surface area (Å²) < 4.78 is 44.1. The second-order valence-corrected chi connectivity index (χ2v) is 11.2. The largest absolute Gasteiger partial charge is 0.416 e. The molecule has 2 aromatic carbocycles. The van der Waals surface area contributed by atoms with E-state index >= 15 is 0 Å². The molecule has 0 saturated carbocycles. The monoisotopic (exact) mass is 615 g/mol. The average molecular weight is 616 g/mol. The maximum atomic E-state index is 14.1. The van der Waals surface area contributed by atoms with Crippen LogP contribution in [-0.4, -0.2) is 73.4 Å². The number of likely N-dealkylation sites (N-methyl/N-ethyl adjacent to an activating group) is 1. The number of alkyl halides is 3. The topological polar surface area (TPSA) is 104 Å². The second-order valence-electron chi connectivity index (χ2n) is 11.2. The van der Waals surface area contributed by atoms with E-state index in [0.717, 1.165) is 30.3 Å². The highest BCUT2D eigenvalue weighted by Gasteiger charge is 2.34. The lowest BCUT2D eigenvalue weighted by Gasteiger charge is -2.33. The Hall–Kier alpha value is -4.88. The summed E-state index contributed by atoms with van der Waals surface area (Å²) in [6.07, 6.45) is 0.408. The predicted octanol–water partition coefficient (Wildman–Crippen LogP) is 5.50. The number of hydrogen-bond acceptors (Lipinski definition) is 8. The minimum absolute atomic E-state index is 0.0663. The highest BCUT2D eigenvalue weighted by atomic mass is 19.4. The van der Waals surface area contributed by atoms with Crippen LogP contribution in [0.5, 0.6) is 0 Å². The SMILES string of the molecule is Cc1ccc(C(=O)Nc2ccc(CN3CCN(C)CC3)c(C(F)(F)F)c2)cc1Nc1nc(-c2cccnc2)nc2c1ncn2C. The van der Waals surface area contributed by atoms with Crippen molar-refractivity contribution in [2.45, 2.75) is 19.6 Å². The minimum atomic E-state index is -4.56. The smallest absolute Gasteiger partial charge is 0.338 e. The van der Waals surface area contributed by atoms with E-state index in [1.54, 1.807) is 47.6 Å². The zero-order chi connectivity index (χ0) is 31.7.